The fourth-order valence-electron chi connectivity index (χ4n) is 2.51. The zero-order valence-electron chi connectivity index (χ0n) is 16.7. The third-order valence-corrected chi connectivity index (χ3v) is 4.03. The van der Waals surface area contributed by atoms with Crippen molar-refractivity contribution in [1.29, 1.82) is 0 Å². The van der Waals surface area contributed by atoms with Crippen LogP contribution in [0.3, 0.4) is 0 Å². The second-order valence-electron chi connectivity index (χ2n) is 6.42. The first-order valence-electron chi connectivity index (χ1n) is 9.11. The third kappa shape index (κ3) is 7.53. The van der Waals surface area contributed by atoms with Gasteiger partial charge in [-0.1, -0.05) is 17.7 Å². The number of aryl methyl sites for hydroxylation is 3. The van der Waals surface area contributed by atoms with Crippen molar-refractivity contribution in [3.8, 4) is 0 Å². The fourth-order valence-corrected chi connectivity index (χ4v) is 2.51. The maximum absolute atomic E-state index is 11.9. The largest absolute Gasteiger partial charge is 0.469 e. The van der Waals surface area contributed by atoms with Crippen LogP contribution in [0, 0.1) is 13.8 Å². The van der Waals surface area contributed by atoms with Crippen LogP contribution in [0.4, 0.5) is 5.69 Å². The molecule has 2 aromatic rings. The maximum Gasteiger partial charge on any atom is 0.305 e. The smallest absolute Gasteiger partial charge is 0.305 e. The van der Waals surface area contributed by atoms with E-state index in [-0.39, 0.29) is 24.8 Å². The molecule has 0 radical (unpaired) electrons. The highest BCUT2D eigenvalue weighted by Gasteiger charge is 2.06. The van der Waals surface area contributed by atoms with Crippen molar-refractivity contribution >= 4 is 29.5 Å². The van der Waals surface area contributed by atoms with Gasteiger partial charge in [0.15, 0.2) is 0 Å². The van der Waals surface area contributed by atoms with Gasteiger partial charge in [-0.2, -0.15) is 0 Å². The minimum Gasteiger partial charge on any atom is -0.469 e. The quantitative estimate of drug-likeness (QED) is 0.357. The van der Waals surface area contributed by atoms with Crippen molar-refractivity contribution in [3.63, 3.8) is 0 Å². The lowest BCUT2D eigenvalue weighted by Gasteiger charge is -2.10. The van der Waals surface area contributed by atoms with E-state index < -0.39 is 5.91 Å². The van der Waals surface area contributed by atoms with Crippen molar-refractivity contribution in [3.05, 3.63) is 59.1 Å². The Morgan fingerprint density at radius 2 is 1.90 bits per heavy atom. The van der Waals surface area contributed by atoms with E-state index in [1.807, 2.05) is 32.0 Å². The fraction of sp³-hybridized carbons (Fsp3) is 0.286. The van der Waals surface area contributed by atoms with Gasteiger partial charge in [0.25, 0.3) is 11.8 Å². The Kier molecular flexibility index (Phi) is 8.02. The SMILES string of the molecule is COC(=O)CCc1ccc(/C=C/C(=O)NNC(=O)CNc2ccc(C)cc2C)o1. The van der Waals surface area contributed by atoms with E-state index >= 15 is 0 Å². The van der Waals surface area contributed by atoms with Crippen molar-refractivity contribution < 1.29 is 23.5 Å². The topological polar surface area (TPSA) is 110 Å². The Morgan fingerprint density at radius 1 is 1.10 bits per heavy atom. The summed E-state index contributed by atoms with van der Waals surface area (Å²) in [5.41, 5.74) is 7.67. The van der Waals surface area contributed by atoms with Gasteiger partial charge in [0.1, 0.15) is 11.5 Å². The zero-order valence-corrected chi connectivity index (χ0v) is 16.7. The molecule has 0 aliphatic rings. The minimum atomic E-state index is -0.502. The zero-order chi connectivity index (χ0) is 21.2. The van der Waals surface area contributed by atoms with Crippen molar-refractivity contribution in [2.24, 2.45) is 0 Å². The summed E-state index contributed by atoms with van der Waals surface area (Å²) in [6.07, 6.45) is 3.34. The molecule has 8 heteroatoms. The lowest BCUT2D eigenvalue weighted by Crippen LogP contribution is -2.43. The monoisotopic (exact) mass is 399 g/mol. The molecule has 0 spiro atoms. The Labute approximate surface area is 169 Å². The van der Waals surface area contributed by atoms with Crippen LogP contribution in [-0.4, -0.2) is 31.4 Å². The molecule has 1 heterocycles. The van der Waals surface area contributed by atoms with E-state index in [1.165, 1.54) is 19.3 Å². The van der Waals surface area contributed by atoms with Gasteiger partial charge >= 0.3 is 5.97 Å². The Bertz CT molecular complexity index is 901. The number of ether oxygens (including phenoxy) is 1. The summed E-state index contributed by atoms with van der Waals surface area (Å²) in [7, 11) is 1.33. The van der Waals surface area contributed by atoms with E-state index in [9.17, 15) is 14.4 Å². The molecule has 2 rings (SSSR count). The lowest BCUT2D eigenvalue weighted by molar-refractivity contribution is -0.140. The molecule has 0 atom stereocenters. The van der Waals surface area contributed by atoms with Crippen LogP contribution in [0.1, 0.15) is 29.1 Å². The number of anilines is 1. The lowest BCUT2D eigenvalue weighted by atomic mass is 10.1. The van der Waals surface area contributed by atoms with Crippen LogP contribution in [-0.2, 0) is 25.5 Å². The molecule has 0 bridgehead atoms. The Hall–Kier alpha value is -3.55. The normalized spacial score (nSPS) is 10.6. The number of hydrogen-bond acceptors (Lipinski definition) is 6. The summed E-state index contributed by atoms with van der Waals surface area (Å²) >= 11 is 0. The number of carbonyl (C=O) groups is 3. The molecular formula is C21H25N3O5. The summed E-state index contributed by atoms with van der Waals surface area (Å²) in [4.78, 5) is 34.8. The number of furan rings is 1. The standard InChI is InChI=1S/C21H25N3O5/c1-14-4-9-18(15(2)12-14)22-13-20(26)24-23-19(25)10-7-16-5-6-17(29-16)8-11-21(27)28-3/h4-7,9-10,12,22H,8,11,13H2,1-3H3,(H,23,25)(H,24,26)/b10-7+. The highest BCUT2D eigenvalue weighted by Crippen LogP contribution is 2.15. The van der Waals surface area contributed by atoms with Crippen LogP contribution in [0.15, 0.2) is 40.8 Å². The van der Waals surface area contributed by atoms with Gasteiger partial charge < -0.3 is 14.5 Å². The van der Waals surface area contributed by atoms with E-state index in [1.54, 1.807) is 12.1 Å². The van der Waals surface area contributed by atoms with E-state index in [0.29, 0.717) is 17.9 Å². The first-order valence-corrected chi connectivity index (χ1v) is 9.11. The van der Waals surface area contributed by atoms with Crippen LogP contribution in [0.5, 0.6) is 0 Å². The van der Waals surface area contributed by atoms with Crippen LogP contribution < -0.4 is 16.2 Å². The van der Waals surface area contributed by atoms with Gasteiger partial charge in [-0.25, -0.2) is 0 Å². The molecule has 0 saturated carbocycles. The van der Waals surface area contributed by atoms with Crippen molar-refractivity contribution in [2.75, 3.05) is 19.0 Å². The van der Waals surface area contributed by atoms with E-state index in [4.69, 9.17) is 4.42 Å². The second kappa shape index (κ2) is 10.7. The first-order chi connectivity index (χ1) is 13.9. The molecule has 0 aliphatic heterocycles. The summed E-state index contributed by atoms with van der Waals surface area (Å²) in [6.45, 7) is 3.98. The molecule has 0 saturated heterocycles. The van der Waals surface area contributed by atoms with E-state index in [0.717, 1.165) is 16.8 Å². The molecule has 154 valence electrons. The molecule has 3 N–H and O–H groups in total. The molecule has 29 heavy (non-hydrogen) atoms. The van der Waals surface area contributed by atoms with Gasteiger partial charge in [0.05, 0.1) is 20.1 Å². The van der Waals surface area contributed by atoms with E-state index in [2.05, 4.69) is 20.9 Å². The number of amides is 2. The predicted octanol–water partition coefficient (Wildman–Crippen LogP) is 2.27. The van der Waals surface area contributed by atoms with Crippen molar-refractivity contribution in [2.45, 2.75) is 26.7 Å². The second-order valence-corrected chi connectivity index (χ2v) is 6.42. The highest BCUT2D eigenvalue weighted by atomic mass is 16.5. The van der Waals surface area contributed by atoms with Gasteiger partial charge in [-0.3, -0.25) is 25.2 Å². The van der Waals surface area contributed by atoms with Crippen LogP contribution >= 0.6 is 0 Å². The van der Waals surface area contributed by atoms with Gasteiger partial charge in [0.2, 0.25) is 0 Å². The van der Waals surface area contributed by atoms with Gasteiger partial charge in [-0.15, -0.1) is 0 Å². The number of methoxy groups -OCH3 is 1. The third-order valence-electron chi connectivity index (χ3n) is 4.03. The molecule has 8 nitrogen and oxygen atoms in total. The average molecular weight is 399 g/mol. The number of esters is 1. The van der Waals surface area contributed by atoms with Crippen LogP contribution in [0.25, 0.3) is 6.08 Å². The predicted molar refractivity (Wildman–Crippen MR) is 109 cm³/mol. The molecule has 0 unspecified atom stereocenters. The Balaban J connectivity index is 1.72. The minimum absolute atomic E-state index is 0.0234. The number of hydrogen-bond donors (Lipinski definition) is 3. The number of carbonyl (C=O) groups excluding carboxylic acids is 3. The summed E-state index contributed by atoms with van der Waals surface area (Å²) in [5.74, 6) is -0.128. The maximum atomic E-state index is 11.9. The number of rotatable bonds is 8. The molecule has 1 aromatic heterocycles. The van der Waals surface area contributed by atoms with Crippen LogP contribution in [0.2, 0.25) is 0 Å². The average Bonchev–Trinajstić information content (AvgIpc) is 3.16. The molecule has 1 aromatic carbocycles. The molecule has 0 fully saturated rings. The summed E-state index contributed by atoms with van der Waals surface area (Å²) < 4.78 is 10.1. The highest BCUT2D eigenvalue weighted by molar-refractivity contribution is 5.93. The summed E-state index contributed by atoms with van der Waals surface area (Å²) in [6, 6.07) is 9.28. The summed E-state index contributed by atoms with van der Waals surface area (Å²) in [5, 5.41) is 3.02. The molecule has 0 aliphatic carbocycles. The van der Waals surface area contributed by atoms with Gasteiger partial charge in [-0.05, 0) is 43.7 Å². The van der Waals surface area contributed by atoms with Crippen molar-refractivity contribution in [1.82, 2.24) is 10.9 Å². The number of nitrogens with one attached hydrogen (secondary N) is 3. The number of hydrazine groups is 1. The van der Waals surface area contributed by atoms with Gasteiger partial charge in [0, 0.05) is 18.2 Å². The molecule has 2 amide bonds. The first kappa shape index (κ1) is 21.7. The molecular weight excluding hydrogens is 374 g/mol. The Morgan fingerprint density at radius 3 is 2.62 bits per heavy atom. The number of benzene rings is 1.